The molecule has 0 saturated heterocycles. The lowest BCUT2D eigenvalue weighted by molar-refractivity contribution is -0.123. The molecule has 1 aliphatic rings. The van der Waals surface area contributed by atoms with Gasteiger partial charge in [-0.05, 0) is 50.7 Å². The van der Waals surface area contributed by atoms with Crippen LogP contribution in [0.5, 0.6) is 0 Å². The average Bonchev–Trinajstić information content (AvgIpc) is 3.77. The Hall–Kier alpha value is -1.84. The number of hydrogen-bond acceptors (Lipinski definition) is 6. The molecule has 1 saturated carbocycles. The molecule has 2 atom stereocenters. The molecule has 0 aromatic carbocycles. The van der Waals surface area contributed by atoms with Crippen molar-refractivity contribution in [2.24, 2.45) is 5.73 Å². The maximum Gasteiger partial charge on any atom is 0.243 e. The number of aliphatic hydroxyl groups is 1. The van der Waals surface area contributed by atoms with Crippen LogP contribution in [0.3, 0.4) is 0 Å². The van der Waals surface area contributed by atoms with E-state index in [0.717, 1.165) is 38.5 Å². The van der Waals surface area contributed by atoms with Crippen molar-refractivity contribution in [1.29, 1.82) is 0 Å². The minimum atomic E-state index is -0.712. The van der Waals surface area contributed by atoms with Crippen LogP contribution in [0.15, 0.2) is 24.3 Å². The van der Waals surface area contributed by atoms with Gasteiger partial charge in [0.1, 0.15) is 0 Å². The van der Waals surface area contributed by atoms with Gasteiger partial charge in [0.2, 0.25) is 17.7 Å². The zero-order valence-electron chi connectivity index (χ0n) is 27.2. The first-order chi connectivity index (χ1) is 20.9. The van der Waals surface area contributed by atoms with Gasteiger partial charge in [0, 0.05) is 18.1 Å². The topological polar surface area (TPSA) is 134 Å². The predicted molar refractivity (Wildman–Crippen MR) is 181 cm³/mol. The Bertz CT molecular complexity index is 816. The van der Waals surface area contributed by atoms with Crippen LogP contribution < -0.4 is 21.7 Å². The second-order valence-electron chi connectivity index (χ2n) is 12.1. The molecule has 0 aliphatic heterocycles. The summed E-state index contributed by atoms with van der Waals surface area (Å²) >= 11 is 1.47. The number of rotatable bonds is 28. The number of carbonyl (C=O) groups is 3. The molecule has 0 bridgehead atoms. The predicted octanol–water partition coefficient (Wildman–Crippen LogP) is 5.68. The van der Waals surface area contributed by atoms with Crippen LogP contribution in [0.2, 0.25) is 0 Å². The molecular weight excluding hydrogens is 560 g/mol. The van der Waals surface area contributed by atoms with Gasteiger partial charge in [-0.3, -0.25) is 14.4 Å². The maximum atomic E-state index is 12.6. The van der Waals surface area contributed by atoms with E-state index in [1.54, 1.807) is 12.2 Å². The molecule has 1 rings (SSSR count). The van der Waals surface area contributed by atoms with E-state index in [4.69, 9.17) is 5.73 Å². The molecule has 0 aromatic rings. The first-order valence-electron chi connectivity index (χ1n) is 17.0. The molecular formula is C34H62N4O4S. The molecule has 3 amide bonds. The Morgan fingerprint density at radius 3 is 1.81 bits per heavy atom. The number of nitrogens with one attached hydrogen (secondary N) is 3. The van der Waals surface area contributed by atoms with Gasteiger partial charge in [0.25, 0.3) is 0 Å². The van der Waals surface area contributed by atoms with E-state index in [9.17, 15) is 19.5 Å². The highest BCUT2D eigenvalue weighted by atomic mass is 32.2. The zero-order valence-corrected chi connectivity index (χ0v) is 28.0. The van der Waals surface area contributed by atoms with Crippen molar-refractivity contribution in [3.05, 3.63) is 24.3 Å². The van der Waals surface area contributed by atoms with Crippen LogP contribution >= 0.6 is 11.8 Å². The highest BCUT2D eigenvalue weighted by Crippen LogP contribution is 2.34. The van der Waals surface area contributed by atoms with E-state index in [1.807, 2.05) is 12.2 Å². The summed E-state index contributed by atoms with van der Waals surface area (Å²) in [5.74, 6) is 0.257. The van der Waals surface area contributed by atoms with Crippen LogP contribution in [0.25, 0.3) is 0 Å². The van der Waals surface area contributed by atoms with Crippen molar-refractivity contribution in [2.45, 2.75) is 147 Å². The lowest BCUT2D eigenvalue weighted by atomic mass is 10.1. The molecule has 8 nitrogen and oxygen atoms in total. The van der Waals surface area contributed by atoms with Gasteiger partial charge in [-0.2, -0.15) is 11.8 Å². The van der Waals surface area contributed by atoms with Crippen LogP contribution in [0, 0.1) is 0 Å². The van der Waals surface area contributed by atoms with Crippen molar-refractivity contribution in [1.82, 2.24) is 16.0 Å². The van der Waals surface area contributed by atoms with Crippen LogP contribution in [0.1, 0.15) is 129 Å². The van der Waals surface area contributed by atoms with Gasteiger partial charge in [-0.25, -0.2) is 0 Å². The summed E-state index contributed by atoms with van der Waals surface area (Å²) in [5.41, 5.74) is 5.59. The van der Waals surface area contributed by atoms with Crippen LogP contribution in [-0.2, 0) is 14.4 Å². The van der Waals surface area contributed by atoms with Gasteiger partial charge < -0.3 is 26.8 Å². The van der Waals surface area contributed by atoms with E-state index in [0.29, 0.717) is 18.1 Å². The Labute approximate surface area is 266 Å². The highest BCUT2D eigenvalue weighted by Gasteiger charge is 2.44. The third-order valence-electron chi connectivity index (χ3n) is 7.85. The van der Waals surface area contributed by atoms with Crippen molar-refractivity contribution < 1.29 is 19.5 Å². The van der Waals surface area contributed by atoms with Gasteiger partial charge in [0.05, 0.1) is 24.2 Å². The summed E-state index contributed by atoms with van der Waals surface area (Å²) in [4.78, 5) is 37.4. The number of amides is 3. The Morgan fingerprint density at radius 2 is 1.30 bits per heavy atom. The number of hydrogen-bond donors (Lipinski definition) is 5. The van der Waals surface area contributed by atoms with Gasteiger partial charge in [0.15, 0.2) is 0 Å². The Morgan fingerprint density at radius 1 is 0.791 bits per heavy atom. The molecule has 0 aromatic heterocycles. The number of thioether (sulfide) groups is 1. The molecule has 0 unspecified atom stereocenters. The largest absolute Gasteiger partial charge is 0.394 e. The third-order valence-corrected chi connectivity index (χ3v) is 9.09. The molecule has 0 radical (unpaired) electrons. The quantitative estimate of drug-likeness (QED) is 0.0563. The van der Waals surface area contributed by atoms with Crippen LogP contribution in [-0.4, -0.2) is 65.1 Å². The van der Waals surface area contributed by atoms with Crippen LogP contribution in [0.4, 0.5) is 0 Å². The molecule has 6 N–H and O–H groups in total. The number of allylic oxidation sites excluding steroid dienone is 2. The summed E-state index contributed by atoms with van der Waals surface area (Å²) in [6.07, 6.45) is 27.6. The fourth-order valence-corrected chi connectivity index (χ4v) is 5.77. The van der Waals surface area contributed by atoms with Gasteiger partial charge >= 0.3 is 0 Å². The standard InChI is InChI=1S/C34H62N4O4S/c1-3-5-7-9-11-13-15-17-19-21-31(40)36-25-29(26-43-27-30(35)33(42)38-34(28-39)23-24-34)37-32(41)22-20-18-16-14-12-10-8-6-4-2/h19-22,29-30,39H,3-18,23-28,35H2,1-2H3,(H,36,40)(H,37,41)(H,38,42)/t29-,30+/m1/s1. The summed E-state index contributed by atoms with van der Waals surface area (Å²) in [7, 11) is 0. The molecule has 43 heavy (non-hydrogen) atoms. The molecule has 1 aliphatic carbocycles. The van der Waals surface area contributed by atoms with E-state index in [1.165, 1.54) is 88.8 Å². The lowest BCUT2D eigenvalue weighted by Gasteiger charge is -2.20. The second-order valence-corrected chi connectivity index (χ2v) is 13.2. The average molecular weight is 623 g/mol. The molecule has 0 spiro atoms. The normalized spacial score (nSPS) is 15.4. The first kappa shape index (κ1) is 39.2. The van der Waals surface area contributed by atoms with Gasteiger partial charge in [-0.1, -0.05) is 103 Å². The smallest absolute Gasteiger partial charge is 0.243 e. The lowest BCUT2D eigenvalue weighted by Crippen LogP contribution is -2.49. The fourth-order valence-electron chi connectivity index (χ4n) is 4.74. The van der Waals surface area contributed by atoms with Crippen molar-refractivity contribution in [3.63, 3.8) is 0 Å². The van der Waals surface area contributed by atoms with Crippen molar-refractivity contribution in [3.8, 4) is 0 Å². The minimum Gasteiger partial charge on any atom is -0.394 e. The monoisotopic (exact) mass is 622 g/mol. The van der Waals surface area contributed by atoms with Crippen molar-refractivity contribution >= 4 is 29.5 Å². The minimum absolute atomic E-state index is 0.0770. The maximum absolute atomic E-state index is 12.6. The Kier molecular flexibility index (Phi) is 23.2. The molecule has 0 heterocycles. The molecule has 9 heteroatoms. The number of aliphatic hydroxyl groups excluding tert-OH is 1. The van der Waals surface area contributed by atoms with E-state index in [-0.39, 0.29) is 30.4 Å². The summed E-state index contributed by atoms with van der Waals surface area (Å²) in [5, 5.41) is 18.2. The third kappa shape index (κ3) is 21.5. The summed E-state index contributed by atoms with van der Waals surface area (Å²) < 4.78 is 0. The molecule has 1 fully saturated rings. The summed E-state index contributed by atoms with van der Waals surface area (Å²) in [6, 6.07) is -1.01. The second kappa shape index (κ2) is 25.5. The first-order valence-corrected chi connectivity index (χ1v) is 18.2. The van der Waals surface area contributed by atoms with E-state index >= 15 is 0 Å². The SMILES string of the molecule is CCCCCCCCCC=CC(=O)NC[C@H](CSC[C@H](N)C(=O)NC1(CO)CC1)NC(=O)C=CCCCCCCCCC. The Balaban J connectivity index is 2.44. The number of unbranched alkanes of at least 4 members (excludes halogenated alkanes) is 14. The fraction of sp³-hybridized carbons (Fsp3) is 0.794. The number of carbonyl (C=O) groups excluding carboxylic acids is 3. The van der Waals surface area contributed by atoms with Crippen molar-refractivity contribution in [2.75, 3.05) is 24.7 Å². The van der Waals surface area contributed by atoms with E-state index in [2.05, 4.69) is 29.8 Å². The number of nitrogens with two attached hydrogens (primary N) is 1. The van der Waals surface area contributed by atoms with Gasteiger partial charge in [-0.15, -0.1) is 0 Å². The summed E-state index contributed by atoms with van der Waals surface area (Å²) in [6.45, 7) is 4.66. The highest BCUT2D eigenvalue weighted by molar-refractivity contribution is 7.99. The van der Waals surface area contributed by atoms with E-state index < -0.39 is 11.6 Å². The zero-order chi connectivity index (χ0) is 31.6. The molecule has 248 valence electrons.